The second-order valence-electron chi connectivity index (χ2n) is 4.38. The molecule has 3 saturated carbocycles. The Morgan fingerprint density at radius 2 is 1.55 bits per heavy atom. The molecule has 0 saturated heterocycles. The molecule has 0 N–H and O–H groups in total. The van der Waals surface area contributed by atoms with Crippen LogP contribution in [0.15, 0.2) is 13.2 Å². The molecule has 3 fully saturated rings. The molecule has 0 heteroatoms. The van der Waals surface area contributed by atoms with Crippen molar-refractivity contribution in [1.82, 2.24) is 0 Å². The minimum atomic E-state index is 0.734. The lowest BCUT2D eigenvalue weighted by atomic mass is 9.49. The van der Waals surface area contributed by atoms with Gasteiger partial charge >= 0.3 is 0 Å². The highest BCUT2D eigenvalue weighted by Crippen LogP contribution is 2.58. The first-order valence-corrected chi connectivity index (χ1v) is 4.71. The van der Waals surface area contributed by atoms with E-state index in [1.165, 1.54) is 19.3 Å². The molecule has 0 nitrogen and oxygen atoms in total. The van der Waals surface area contributed by atoms with Gasteiger partial charge in [0.15, 0.2) is 0 Å². The molecule has 0 radical (unpaired) electrons. The quantitative estimate of drug-likeness (QED) is 0.465. The molecule has 3 aliphatic carbocycles. The van der Waals surface area contributed by atoms with Crippen LogP contribution in [0.1, 0.15) is 39.5 Å². The van der Waals surface area contributed by atoms with Crippen LogP contribution in [0.4, 0.5) is 0 Å². The highest BCUT2D eigenvalue weighted by molar-refractivity contribution is 4.99. The van der Waals surface area contributed by atoms with E-state index in [-0.39, 0.29) is 0 Å². The molecule has 2 bridgehead atoms. The maximum atomic E-state index is 3.00. The van der Waals surface area contributed by atoms with Gasteiger partial charge in [-0.05, 0) is 36.5 Å². The zero-order chi connectivity index (χ0) is 8.48. The Hall–Kier alpha value is -0.260. The van der Waals surface area contributed by atoms with E-state index >= 15 is 0 Å². The maximum absolute atomic E-state index is 3.00. The van der Waals surface area contributed by atoms with E-state index in [4.69, 9.17) is 0 Å². The van der Waals surface area contributed by atoms with Crippen molar-refractivity contribution in [2.45, 2.75) is 39.5 Å². The van der Waals surface area contributed by atoms with E-state index in [1.54, 1.807) is 6.42 Å². The Balaban J connectivity index is 0.000000281. The van der Waals surface area contributed by atoms with E-state index in [0.29, 0.717) is 0 Å². The number of hydrogen-bond acceptors (Lipinski definition) is 0. The summed E-state index contributed by atoms with van der Waals surface area (Å²) < 4.78 is 0. The van der Waals surface area contributed by atoms with Crippen LogP contribution in [-0.4, -0.2) is 0 Å². The molecule has 3 aliphatic rings. The zero-order valence-electron chi connectivity index (χ0n) is 7.90. The minimum Gasteiger partial charge on any atom is -0.106 e. The van der Waals surface area contributed by atoms with Crippen molar-refractivity contribution >= 4 is 0 Å². The van der Waals surface area contributed by atoms with Gasteiger partial charge in [-0.3, -0.25) is 0 Å². The summed E-state index contributed by atoms with van der Waals surface area (Å²) in [6, 6.07) is 0. The first-order chi connectivity index (χ1) is 5.21. The average molecular weight is 152 g/mol. The molecule has 2 atom stereocenters. The summed E-state index contributed by atoms with van der Waals surface area (Å²) in [5, 5.41) is 0. The molecule has 0 aromatic rings. The number of hydrogen-bond donors (Lipinski definition) is 0. The molecule has 64 valence electrons. The van der Waals surface area contributed by atoms with Gasteiger partial charge in [0.05, 0.1) is 0 Å². The van der Waals surface area contributed by atoms with Gasteiger partial charge in [0.2, 0.25) is 0 Å². The van der Waals surface area contributed by atoms with Gasteiger partial charge in [0, 0.05) is 0 Å². The molecule has 0 amide bonds. The summed E-state index contributed by atoms with van der Waals surface area (Å²) in [6.07, 6.45) is 6.10. The summed E-state index contributed by atoms with van der Waals surface area (Å²) in [4.78, 5) is 0. The molecule has 11 heavy (non-hydrogen) atoms. The molecule has 0 heterocycles. The number of fused-ring (bicyclic) bond motifs is 2. The van der Waals surface area contributed by atoms with E-state index < -0.39 is 0 Å². The molecular formula is C11H20. The molecule has 0 aromatic carbocycles. The molecule has 3 rings (SSSR count). The van der Waals surface area contributed by atoms with Crippen LogP contribution in [0.5, 0.6) is 0 Å². The largest absolute Gasteiger partial charge is 0.106 e. The van der Waals surface area contributed by atoms with E-state index in [0.717, 1.165) is 17.3 Å². The van der Waals surface area contributed by atoms with Crippen molar-refractivity contribution < 1.29 is 0 Å². The molecular weight excluding hydrogens is 132 g/mol. The fourth-order valence-corrected chi connectivity index (χ4v) is 2.71. The second-order valence-corrected chi connectivity index (χ2v) is 4.38. The third-order valence-corrected chi connectivity index (χ3v) is 3.78. The third kappa shape index (κ3) is 1.23. The lowest BCUT2D eigenvalue weighted by molar-refractivity contribution is -0.0646. The van der Waals surface area contributed by atoms with Crippen LogP contribution in [0.2, 0.25) is 0 Å². The van der Waals surface area contributed by atoms with Crippen LogP contribution < -0.4 is 0 Å². The first kappa shape index (κ1) is 8.83. The average Bonchev–Trinajstić information content (AvgIpc) is 2.09. The summed E-state index contributed by atoms with van der Waals surface area (Å²) >= 11 is 0. The topological polar surface area (TPSA) is 0 Å². The lowest BCUT2D eigenvalue weighted by Gasteiger charge is -2.56. The fraction of sp³-hybridized carbons (Fsp3) is 0.818. The van der Waals surface area contributed by atoms with Crippen LogP contribution in [0.3, 0.4) is 0 Å². The summed E-state index contributed by atoms with van der Waals surface area (Å²) in [5.41, 5.74) is 0.734. The van der Waals surface area contributed by atoms with Crippen molar-refractivity contribution in [1.29, 1.82) is 0 Å². The van der Waals surface area contributed by atoms with Gasteiger partial charge in [-0.1, -0.05) is 20.3 Å². The van der Waals surface area contributed by atoms with Crippen LogP contribution in [0.25, 0.3) is 0 Å². The number of rotatable bonds is 0. The summed E-state index contributed by atoms with van der Waals surface area (Å²) in [7, 11) is 0. The second kappa shape index (κ2) is 3.00. The molecule has 2 unspecified atom stereocenters. The van der Waals surface area contributed by atoms with Gasteiger partial charge in [-0.2, -0.15) is 0 Å². The van der Waals surface area contributed by atoms with E-state index in [1.807, 2.05) is 0 Å². The zero-order valence-corrected chi connectivity index (χ0v) is 7.90. The Bertz CT molecular complexity index is 119. The fourth-order valence-electron chi connectivity index (χ4n) is 2.71. The molecule has 0 spiro atoms. The monoisotopic (exact) mass is 152 g/mol. The van der Waals surface area contributed by atoms with Crippen molar-refractivity contribution in [3.8, 4) is 0 Å². The predicted molar refractivity (Wildman–Crippen MR) is 50.5 cm³/mol. The van der Waals surface area contributed by atoms with E-state index in [2.05, 4.69) is 27.0 Å². The first-order valence-electron chi connectivity index (χ1n) is 4.71. The summed E-state index contributed by atoms with van der Waals surface area (Å²) in [6.45, 7) is 10.9. The van der Waals surface area contributed by atoms with Gasteiger partial charge in [0.1, 0.15) is 0 Å². The third-order valence-electron chi connectivity index (χ3n) is 3.78. The van der Waals surface area contributed by atoms with Crippen LogP contribution in [0, 0.1) is 17.3 Å². The van der Waals surface area contributed by atoms with Crippen molar-refractivity contribution in [2.24, 2.45) is 17.3 Å². The Kier molecular flexibility index (Phi) is 2.41. The standard InChI is InChI=1S/C9H16.C2H4/c1-9(2)7-4-3-5-8(9)6-7;1-2/h7-8H,3-6H2,1-2H3;1-2H2. The smallest absolute Gasteiger partial charge is 0.0297 e. The maximum Gasteiger partial charge on any atom is -0.0297 e. The SMILES string of the molecule is C=C.CC1(C)C2CCCC1C2. The van der Waals surface area contributed by atoms with Crippen LogP contribution >= 0.6 is 0 Å². The Morgan fingerprint density at radius 3 is 1.73 bits per heavy atom. The minimum absolute atomic E-state index is 0.734. The summed E-state index contributed by atoms with van der Waals surface area (Å²) in [5.74, 6) is 2.19. The van der Waals surface area contributed by atoms with Crippen molar-refractivity contribution in [3.63, 3.8) is 0 Å². The van der Waals surface area contributed by atoms with Crippen LogP contribution in [-0.2, 0) is 0 Å². The van der Waals surface area contributed by atoms with Gasteiger partial charge in [-0.25, -0.2) is 0 Å². The highest BCUT2D eigenvalue weighted by Gasteiger charge is 2.49. The Labute approximate surface area is 70.7 Å². The highest BCUT2D eigenvalue weighted by atomic mass is 14.5. The van der Waals surface area contributed by atoms with Crippen molar-refractivity contribution in [3.05, 3.63) is 13.2 Å². The molecule has 0 aliphatic heterocycles. The Morgan fingerprint density at radius 1 is 1.09 bits per heavy atom. The van der Waals surface area contributed by atoms with Crippen molar-refractivity contribution in [2.75, 3.05) is 0 Å². The van der Waals surface area contributed by atoms with Gasteiger partial charge in [-0.15, -0.1) is 13.2 Å². The predicted octanol–water partition coefficient (Wildman–Crippen LogP) is 3.63. The lowest BCUT2D eigenvalue weighted by Crippen LogP contribution is -2.47. The van der Waals surface area contributed by atoms with E-state index in [9.17, 15) is 0 Å². The normalized spacial score (nSPS) is 38.0. The van der Waals surface area contributed by atoms with Gasteiger partial charge in [0.25, 0.3) is 0 Å². The van der Waals surface area contributed by atoms with Gasteiger partial charge < -0.3 is 0 Å². The molecule has 0 aromatic heterocycles.